The Balaban J connectivity index is 1.53. The van der Waals surface area contributed by atoms with Gasteiger partial charge in [0.25, 0.3) is 0 Å². The molecule has 2 heterocycles. The van der Waals surface area contributed by atoms with Crippen LogP contribution in [0.1, 0.15) is 55.6 Å². The van der Waals surface area contributed by atoms with E-state index < -0.39 is 0 Å². The van der Waals surface area contributed by atoms with Crippen LogP contribution >= 0.6 is 0 Å². The number of aliphatic hydroxyl groups is 1. The summed E-state index contributed by atoms with van der Waals surface area (Å²) in [5.41, 5.74) is 5.03. The fraction of sp³-hybridized carbons (Fsp3) is 0.571. The molecule has 4 rings (SSSR count). The van der Waals surface area contributed by atoms with E-state index >= 15 is 0 Å². The molecule has 0 amide bonds. The topological polar surface area (TPSA) is 41.3 Å². The predicted molar refractivity (Wildman–Crippen MR) is 100 cm³/mol. The monoisotopic (exact) mass is 339 g/mol. The van der Waals surface area contributed by atoms with Gasteiger partial charge in [0.2, 0.25) is 0 Å². The molecule has 4 nitrogen and oxygen atoms in total. The highest BCUT2D eigenvalue weighted by Gasteiger charge is 2.22. The number of aliphatic hydroxyl groups excluding tert-OH is 1. The summed E-state index contributed by atoms with van der Waals surface area (Å²) in [7, 11) is 1.99. The lowest BCUT2D eigenvalue weighted by atomic mass is 9.84. The number of hydrogen-bond donors (Lipinski definition) is 1. The zero-order chi connectivity index (χ0) is 17.2. The number of likely N-dealkylation sites (tertiary alicyclic amines) is 1. The Morgan fingerprint density at radius 2 is 1.84 bits per heavy atom. The van der Waals surface area contributed by atoms with Gasteiger partial charge in [-0.2, -0.15) is 5.10 Å². The fourth-order valence-electron chi connectivity index (χ4n) is 4.44. The Labute approximate surface area is 150 Å². The second kappa shape index (κ2) is 7.30. The molecule has 134 valence electrons. The van der Waals surface area contributed by atoms with Gasteiger partial charge in [-0.1, -0.05) is 43.5 Å². The Hall–Kier alpha value is -1.65. The Morgan fingerprint density at radius 1 is 1.08 bits per heavy atom. The normalized spacial score (nSPS) is 22.6. The first kappa shape index (κ1) is 16.8. The van der Waals surface area contributed by atoms with Gasteiger partial charge in [-0.15, -0.1) is 0 Å². The summed E-state index contributed by atoms with van der Waals surface area (Å²) in [5.74, 6) is 0.747. The molecule has 0 unspecified atom stereocenters. The maximum atomic E-state index is 9.76. The lowest BCUT2D eigenvalue weighted by molar-refractivity contribution is 0.175. The molecular formula is C21H29N3O. The smallest absolute Gasteiger partial charge is 0.0968 e. The molecule has 2 fully saturated rings. The zero-order valence-electron chi connectivity index (χ0n) is 15.2. The number of benzene rings is 1. The van der Waals surface area contributed by atoms with E-state index in [2.05, 4.69) is 35.4 Å². The molecule has 0 spiro atoms. The van der Waals surface area contributed by atoms with E-state index in [1.165, 1.54) is 48.8 Å². The van der Waals surface area contributed by atoms with Crippen molar-refractivity contribution in [3.63, 3.8) is 0 Å². The highest BCUT2D eigenvalue weighted by atomic mass is 16.3. The van der Waals surface area contributed by atoms with Crippen molar-refractivity contribution in [3.8, 4) is 11.3 Å². The largest absolute Gasteiger partial charge is 0.392 e. The summed E-state index contributed by atoms with van der Waals surface area (Å²) >= 11 is 0. The Morgan fingerprint density at radius 3 is 2.52 bits per heavy atom. The lowest BCUT2D eigenvalue weighted by Crippen LogP contribution is -2.21. The molecule has 2 aliphatic rings. The highest BCUT2D eigenvalue weighted by Crippen LogP contribution is 2.34. The molecule has 0 bridgehead atoms. The molecule has 1 saturated heterocycles. The summed E-state index contributed by atoms with van der Waals surface area (Å²) in [5, 5.41) is 14.5. The van der Waals surface area contributed by atoms with Gasteiger partial charge >= 0.3 is 0 Å². The number of hydrogen-bond acceptors (Lipinski definition) is 3. The maximum Gasteiger partial charge on any atom is 0.0968 e. The highest BCUT2D eigenvalue weighted by molar-refractivity contribution is 5.63. The van der Waals surface area contributed by atoms with E-state index in [-0.39, 0.29) is 6.10 Å². The molecule has 4 heteroatoms. The first-order chi connectivity index (χ1) is 12.2. The third-order valence-corrected chi connectivity index (χ3v) is 5.81. The van der Waals surface area contributed by atoms with Crippen LogP contribution in [0.4, 0.5) is 0 Å². The van der Waals surface area contributed by atoms with Crippen molar-refractivity contribution >= 4 is 0 Å². The molecule has 1 atom stereocenters. The van der Waals surface area contributed by atoms with Gasteiger partial charge in [-0.3, -0.25) is 9.58 Å². The van der Waals surface area contributed by atoms with Crippen LogP contribution in [0, 0.1) is 0 Å². The summed E-state index contributed by atoms with van der Waals surface area (Å²) < 4.78 is 1.91. The number of aromatic nitrogens is 2. The standard InChI is InChI=1S/C21H29N3O/c1-23-13-19(14-24-12-11-20(25)15-24)21(22-23)18-9-7-17(8-10-18)16-5-3-2-4-6-16/h7-10,13,16,20,25H,2-6,11-12,14-15H2,1H3/t20-/m1/s1. The van der Waals surface area contributed by atoms with Crippen LogP contribution in [0.3, 0.4) is 0 Å². The summed E-state index contributed by atoms with van der Waals surface area (Å²) in [6, 6.07) is 9.11. The van der Waals surface area contributed by atoms with Crippen molar-refractivity contribution in [1.29, 1.82) is 0 Å². The van der Waals surface area contributed by atoms with E-state index in [0.717, 1.165) is 37.7 Å². The summed E-state index contributed by atoms with van der Waals surface area (Å²) in [6.45, 7) is 2.61. The predicted octanol–water partition coefficient (Wildman–Crippen LogP) is 3.70. The number of rotatable bonds is 4. The van der Waals surface area contributed by atoms with E-state index in [0.29, 0.717) is 0 Å². The van der Waals surface area contributed by atoms with Crippen LogP contribution < -0.4 is 0 Å². The van der Waals surface area contributed by atoms with E-state index in [4.69, 9.17) is 5.10 Å². The van der Waals surface area contributed by atoms with Crippen LogP contribution in [-0.4, -0.2) is 39.0 Å². The molecule has 0 radical (unpaired) electrons. The second-order valence-electron chi connectivity index (χ2n) is 7.81. The van der Waals surface area contributed by atoms with Gasteiger partial charge in [0.05, 0.1) is 11.8 Å². The van der Waals surface area contributed by atoms with Gasteiger partial charge in [0.15, 0.2) is 0 Å². The minimum Gasteiger partial charge on any atom is -0.392 e. The van der Waals surface area contributed by atoms with Crippen molar-refractivity contribution < 1.29 is 5.11 Å². The van der Waals surface area contributed by atoms with Crippen LogP contribution in [-0.2, 0) is 13.6 Å². The molecule has 1 saturated carbocycles. The quantitative estimate of drug-likeness (QED) is 0.923. The third-order valence-electron chi connectivity index (χ3n) is 5.81. The zero-order valence-corrected chi connectivity index (χ0v) is 15.2. The fourth-order valence-corrected chi connectivity index (χ4v) is 4.44. The molecular weight excluding hydrogens is 310 g/mol. The second-order valence-corrected chi connectivity index (χ2v) is 7.81. The average Bonchev–Trinajstić information content (AvgIpc) is 3.21. The van der Waals surface area contributed by atoms with Crippen molar-refractivity contribution in [3.05, 3.63) is 41.6 Å². The third kappa shape index (κ3) is 3.80. The lowest BCUT2D eigenvalue weighted by Gasteiger charge is -2.22. The molecule has 1 aliphatic heterocycles. The maximum absolute atomic E-state index is 9.76. The van der Waals surface area contributed by atoms with Crippen molar-refractivity contribution in [2.24, 2.45) is 7.05 Å². The van der Waals surface area contributed by atoms with Gasteiger partial charge in [-0.05, 0) is 30.7 Å². The van der Waals surface area contributed by atoms with Gasteiger partial charge in [-0.25, -0.2) is 0 Å². The van der Waals surface area contributed by atoms with Gasteiger partial charge in [0.1, 0.15) is 0 Å². The molecule has 2 aromatic rings. The summed E-state index contributed by atoms with van der Waals surface area (Å²) in [4.78, 5) is 2.32. The number of aryl methyl sites for hydroxylation is 1. The SMILES string of the molecule is Cn1cc(CN2CC[C@@H](O)C2)c(-c2ccc(C3CCCCC3)cc2)n1. The minimum absolute atomic E-state index is 0.171. The van der Waals surface area contributed by atoms with Crippen molar-refractivity contribution in [2.45, 2.75) is 57.1 Å². The van der Waals surface area contributed by atoms with Crippen molar-refractivity contribution in [1.82, 2.24) is 14.7 Å². The molecule has 1 aromatic heterocycles. The van der Waals surface area contributed by atoms with Crippen LogP contribution in [0.2, 0.25) is 0 Å². The minimum atomic E-state index is -0.171. The molecule has 1 N–H and O–H groups in total. The van der Waals surface area contributed by atoms with E-state index in [9.17, 15) is 5.11 Å². The summed E-state index contributed by atoms with van der Waals surface area (Å²) in [6.07, 6.45) is 9.65. The van der Waals surface area contributed by atoms with Crippen LogP contribution in [0.5, 0.6) is 0 Å². The Kier molecular flexibility index (Phi) is 4.91. The molecule has 1 aliphatic carbocycles. The average molecular weight is 339 g/mol. The first-order valence-corrected chi connectivity index (χ1v) is 9.72. The Bertz CT molecular complexity index is 700. The number of β-amino-alcohol motifs (C(OH)–C–C–N with tert-alkyl or cyclic N) is 1. The number of nitrogens with zero attached hydrogens (tertiary/aromatic N) is 3. The van der Waals surface area contributed by atoms with Crippen LogP contribution in [0.25, 0.3) is 11.3 Å². The van der Waals surface area contributed by atoms with E-state index in [1.54, 1.807) is 0 Å². The first-order valence-electron chi connectivity index (χ1n) is 9.72. The van der Waals surface area contributed by atoms with E-state index in [1.807, 2.05) is 11.7 Å². The van der Waals surface area contributed by atoms with Gasteiger partial charge < -0.3 is 5.11 Å². The van der Waals surface area contributed by atoms with Gasteiger partial charge in [0, 0.05) is 44.0 Å². The molecule has 1 aromatic carbocycles. The molecule has 25 heavy (non-hydrogen) atoms. The van der Waals surface area contributed by atoms with Crippen molar-refractivity contribution in [2.75, 3.05) is 13.1 Å². The van der Waals surface area contributed by atoms with Crippen LogP contribution in [0.15, 0.2) is 30.5 Å².